The number of benzene rings is 2. The van der Waals surface area contributed by atoms with E-state index < -0.39 is 17.5 Å². The molecule has 11 heteroatoms. The van der Waals surface area contributed by atoms with E-state index in [4.69, 9.17) is 10.3 Å². The molecule has 1 atom stereocenters. The molecule has 40 heavy (non-hydrogen) atoms. The molecule has 5 rings (SSSR count). The zero-order chi connectivity index (χ0) is 28.4. The fourth-order valence-electron chi connectivity index (χ4n) is 5.15. The van der Waals surface area contributed by atoms with Crippen molar-refractivity contribution in [3.05, 3.63) is 87.3 Å². The van der Waals surface area contributed by atoms with Crippen molar-refractivity contribution in [1.29, 1.82) is 5.26 Å². The van der Waals surface area contributed by atoms with Crippen molar-refractivity contribution in [3.63, 3.8) is 0 Å². The normalized spacial score (nSPS) is 16.3. The third-order valence-electron chi connectivity index (χ3n) is 7.23. The van der Waals surface area contributed by atoms with Gasteiger partial charge in [0.25, 0.3) is 5.91 Å². The molecule has 0 bridgehead atoms. The summed E-state index contributed by atoms with van der Waals surface area (Å²) in [6.07, 6.45) is 4.49. The van der Waals surface area contributed by atoms with Gasteiger partial charge in [0.15, 0.2) is 0 Å². The summed E-state index contributed by atoms with van der Waals surface area (Å²) in [5.74, 6) is -0.792. The Balaban J connectivity index is 1.34. The highest BCUT2D eigenvalue weighted by molar-refractivity contribution is 5.95. The Morgan fingerprint density at radius 3 is 2.70 bits per heavy atom. The summed E-state index contributed by atoms with van der Waals surface area (Å²) in [4.78, 5) is 31.0. The van der Waals surface area contributed by atoms with Gasteiger partial charge in [-0.1, -0.05) is 29.4 Å². The molecule has 1 fully saturated rings. The number of fused-ring (bicyclic) bond motifs is 1. The van der Waals surface area contributed by atoms with Crippen molar-refractivity contribution in [3.8, 4) is 17.2 Å². The number of carbonyl (C=O) groups is 2. The van der Waals surface area contributed by atoms with Crippen molar-refractivity contribution >= 4 is 12.0 Å². The summed E-state index contributed by atoms with van der Waals surface area (Å²) in [5.41, 5.74) is 10.6. The summed E-state index contributed by atoms with van der Waals surface area (Å²) in [6.45, 7) is 3.29. The van der Waals surface area contributed by atoms with Crippen LogP contribution < -0.4 is 0 Å². The molecule has 204 valence electrons. The number of rotatable bonds is 7. The van der Waals surface area contributed by atoms with Crippen LogP contribution in [0.1, 0.15) is 60.3 Å². The molecule has 1 amide bonds. The number of nitrogens with zero attached hydrogens (tertiary/aromatic N) is 7. The van der Waals surface area contributed by atoms with Gasteiger partial charge in [-0.2, -0.15) is 15.0 Å². The third kappa shape index (κ3) is 5.53. The molecule has 2 aromatic carbocycles. The van der Waals surface area contributed by atoms with Crippen molar-refractivity contribution in [2.75, 3.05) is 6.54 Å². The highest BCUT2D eigenvalue weighted by Crippen LogP contribution is 2.35. The standard InChI is InChI=1S/C29H28FN7O3/c1-29(2,17-33-35-32)40-28(39)36-16-20-13-22(10-12-26(20)34-36)37(21-8-9-21)27(38)18-7-11-24(25(30)14-18)23-6-4-3-5-19(23)15-31/h3-7,11,14,16,21-22H,8-10,12-13,17H2,1-2H3. The Hall–Kier alpha value is -4.68. The average molecular weight is 542 g/mol. The van der Waals surface area contributed by atoms with Crippen LogP contribution in [0.3, 0.4) is 0 Å². The lowest BCUT2D eigenvalue weighted by Gasteiger charge is -2.34. The fourth-order valence-corrected chi connectivity index (χ4v) is 5.15. The van der Waals surface area contributed by atoms with E-state index in [1.54, 1.807) is 56.4 Å². The van der Waals surface area contributed by atoms with Gasteiger partial charge in [0.05, 0.1) is 23.9 Å². The van der Waals surface area contributed by atoms with Gasteiger partial charge in [-0.25, -0.2) is 9.18 Å². The maximum atomic E-state index is 15.2. The number of amides is 1. The number of ether oxygens (including phenoxy) is 1. The van der Waals surface area contributed by atoms with Crippen molar-refractivity contribution in [2.45, 2.75) is 63.6 Å². The minimum absolute atomic E-state index is 0.0107. The summed E-state index contributed by atoms with van der Waals surface area (Å²) in [6, 6.07) is 13.3. The lowest BCUT2D eigenvalue weighted by Crippen LogP contribution is -2.44. The lowest BCUT2D eigenvalue weighted by atomic mass is 9.91. The Morgan fingerprint density at radius 1 is 1.23 bits per heavy atom. The molecular formula is C29H28FN7O3. The maximum absolute atomic E-state index is 15.2. The summed E-state index contributed by atoms with van der Waals surface area (Å²) >= 11 is 0. The van der Waals surface area contributed by atoms with E-state index in [9.17, 15) is 14.9 Å². The van der Waals surface area contributed by atoms with E-state index >= 15 is 4.39 Å². The molecule has 10 nitrogen and oxygen atoms in total. The number of azide groups is 1. The van der Waals surface area contributed by atoms with Crippen LogP contribution >= 0.6 is 0 Å². The minimum atomic E-state index is -0.991. The number of hydrogen-bond acceptors (Lipinski definition) is 6. The first-order valence-corrected chi connectivity index (χ1v) is 13.1. The van der Waals surface area contributed by atoms with Gasteiger partial charge in [0.2, 0.25) is 0 Å². The smallest absolute Gasteiger partial charge is 0.435 e. The van der Waals surface area contributed by atoms with E-state index in [1.807, 2.05) is 4.90 Å². The second-order valence-electron chi connectivity index (χ2n) is 10.8. The number of nitriles is 1. The molecule has 0 radical (unpaired) electrons. The molecule has 2 aliphatic carbocycles. The zero-order valence-electron chi connectivity index (χ0n) is 22.2. The second-order valence-corrected chi connectivity index (χ2v) is 10.8. The first kappa shape index (κ1) is 26.9. The quantitative estimate of drug-likeness (QED) is 0.212. The largest absolute Gasteiger partial charge is 0.442 e. The predicted molar refractivity (Wildman–Crippen MR) is 144 cm³/mol. The fraction of sp³-hybridized carbons (Fsp3) is 0.379. The minimum Gasteiger partial charge on any atom is -0.442 e. The number of hydrogen-bond donors (Lipinski definition) is 0. The van der Waals surface area contributed by atoms with E-state index in [2.05, 4.69) is 21.2 Å². The van der Waals surface area contributed by atoms with Gasteiger partial charge in [-0.15, -0.1) is 0 Å². The molecule has 1 unspecified atom stereocenters. The molecule has 0 aliphatic heterocycles. The molecule has 0 saturated heterocycles. The number of aryl methyl sites for hydroxylation is 1. The first-order chi connectivity index (χ1) is 19.2. The predicted octanol–water partition coefficient (Wildman–Crippen LogP) is 5.80. The monoisotopic (exact) mass is 541 g/mol. The topological polar surface area (TPSA) is 137 Å². The Morgan fingerprint density at radius 2 is 2.00 bits per heavy atom. The SMILES string of the molecule is CC(C)(CN=[N+]=[N-])OC(=O)n1cc2c(n1)CCC(N(C(=O)c1ccc(-c3ccccc3C#N)c(F)c1)C1CC1)C2. The van der Waals surface area contributed by atoms with Crippen LogP contribution in [-0.4, -0.2) is 50.9 Å². The number of carbonyl (C=O) groups excluding carboxylic acids is 2. The van der Waals surface area contributed by atoms with Crippen LogP contribution in [0, 0.1) is 17.1 Å². The van der Waals surface area contributed by atoms with Crippen molar-refractivity contribution in [1.82, 2.24) is 14.7 Å². The molecule has 2 aliphatic rings. The van der Waals surface area contributed by atoms with Crippen LogP contribution in [0.2, 0.25) is 0 Å². The van der Waals surface area contributed by atoms with Crippen LogP contribution in [0.5, 0.6) is 0 Å². The zero-order valence-corrected chi connectivity index (χ0v) is 22.2. The van der Waals surface area contributed by atoms with Gasteiger partial charge in [-0.05, 0) is 75.2 Å². The van der Waals surface area contributed by atoms with Gasteiger partial charge in [0.1, 0.15) is 11.4 Å². The lowest BCUT2D eigenvalue weighted by molar-refractivity contribution is 0.0441. The van der Waals surface area contributed by atoms with E-state index in [-0.39, 0.29) is 35.7 Å². The summed E-state index contributed by atoms with van der Waals surface area (Å²) < 4.78 is 21.9. The molecule has 1 aromatic heterocycles. The van der Waals surface area contributed by atoms with Crippen LogP contribution in [-0.2, 0) is 17.6 Å². The van der Waals surface area contributed by atoms with Crippen LogP contribution in [0.25, 0.3) is 21.6 Å². The van der Waals surface area contributed by atoms with Crippen LogP contribution in [0.15, 0.2) is 53.8 Å². The Bertz CT molecular complexity index is 1560. The third-order valence-corrected chi connectivity index (χ3v) is 7.23. The first-order valence-electron chi connectivity index (χ1n) is 13.1. The number of halogens is 1. The maximum Gasteiger partial charge on any atom is 0.435 e. The summed E-state index contributed by atoms with van der Waals surface area (Å²) in [7, 11) is 0. The average Bonchev–Trinajstić information content (AvgIpc) is 3.68. The van der Waals surface area contributed by atoms with Crippen molar-refractivity contribution in [2.24, 2.45) is 5.11 Å². The molecule has 1 heterocycles. The Labute approximate surface area is 230 Å². The van der Waals surface area contributed by atoms with Crippen LogP contribution in [0.4, 0.5) is 9.18 Å². The van der Waals surface area contributed by atoms with Gasteiger partial charge in [-0.3, -0.25) is 4.79 Å². The van der Waals surface area contributed by atoms with Gasteiger partial charge in [0, 0.05) is 39.9 Å². The van der Waals surface area contributed by atoms with E-state index in [0.717, 1.165) is 28.8 Å². The molecule has 0 spiro atoms. The molecular weight excluding hydrogens is 513 g/mol. The van der Waals surface area contributed by atoms with E-state index in [0.29, 0.717) is 30.4 Å². The van der Waals surface area contributed by atoms with Gasteiger partial charge >= 0.3 is 6.09 Å². The molecule has 0 N–H and O–H groups in total. The van der Waals surface area contributed by atoms with Crippen molar-refractivity contribution < 1.29 is 18.7 Å². The van der Waals surface area contributed by atoms with Gasteiger partial charge < -0.3 is 9.64 Å². The Kier molecular flexibility index (Phi) is 7.28. The number of aromatic nitrogens is 2. The second kappa shape index (κ2) is 10.8. The highest BCUT2D eigenvalue weighted by atomic mass is 19.1. The molecule has 3 aromatic rings. The summed E-state index contributed by atoms with van der Waals surface area (Å²) in [5, 5.41) is 17.3. The van der Waals surface area contributed by atoms with E-state index in [1.165, 1.54) is 6.07 Å². The highest BCUT2D eigenvalue weighted by Gasteiger charge is 2.40. The molecule has 1 saturated carbocycles.